The summed E-state index contributed by atoms with van der Waals surface area (Å²) in [6, 6.07) is 19.1. The first-order chi connectivity index (χ1) is 11.7. The standard InChI is InChI=1S/C20H20N2O2/c1-2-22-18(14-16-10-6-7-11-17(16)20(22)24)19(23)21-13-12-15-8-4-3-5-9-15/h3-11,14H,2,12-13H2,1H3,(H,21,23). The normalized spacial score (nSPS) is 10.7. The van der Waals surface area contributed by atoms with E-state index in [1.807, 2.05) is 55.5 Å². The van der Waals surface area contributed by atoms with E-state index < -0.39 is 0 Å². The summed E-state index contributed by atoms with van der Waals surface area (Å²) >= 11 is 0. The fourth-order valence-electron chi connectivity index (χ4n) is 2.86. The summed E-state index contributed by atoms with van der Waals surface area (Å²) in [4.78, 5) is 25.1. The van der Waals surface area contributed by atoms with E-state index >= 15 is 0 Å². The Bertz CT molecular complexity index is 914. The van der Waals surface area contributed by atoms with Crippen molar-refractivity contribution in [1.82, 2.24) is 9.88 Å². The lowest BCUT2D eigenvalue weighted by atomic mass is 10.1. The topological polar surface area (TPSA) is 51.1 Å². The zero-order chi connectivity index (χ0) is 16.9. The third-order valence-corrected chi connectivity index (χ3v) is 4.11. The van der Waals surface area contributed by atoms with E-state index in [2.05, 4.69) is 5.32 Å². The number of amides is 1. The second kappa shape index (κ2) is 7.13. The molecule has 24 heavy (non-hydrogen) atoms. The molecular weight excluding hydrogens is 300 g/mol. The van der Waals surface area contributed by atoms with E-state index in [0.717, 1.165) is 11.8 Å². The Hall–Kier alpha value is -2.88. The SMILES string of the molecule is CCn1c(C(=O)NCCc2ccccc2)cc2ccccc2c1=O. The molecule has 0 radical (unpaired) electrons. The number of carbonyl (C=O) groups excluding carboxylic acids is 1. The van der Waals surface area contributed by atoms with Crippen LogP contribution in [-0.4, -0.2) is 17.0 Å². The number of hydrogen-bond acceptors (Lipinski definition) is 2. The van der Waals surface area contributed by atoms with Crippen molar-refractivity contribution in [3.8, 4) is 0 Å². The first-order valence-electron chi connectivity index (χ1n) is 8.15. The molecule has 0 aliphatic carbocycles. The lowest BCUT2D eigenvalue weighted by Gasteiger charge is -2.13. The number of aromatic nitrogens is 1. The maximum Gasteiger partial charge on any atom is 0.268 e. The van der Waals surface area contributed by atoms with Crippen molar-refractivity contribution in [1.29, 1.82) is 0 Å². The Labute approximate surface area is 140 Å². The summed E-state index contributed by atoms with van der Waals surface area (Å²) in [6.07, 6.45) is 0.760. The monoisotopic (exact) mass is 320 g/mol. The number of hydrogen-bond donors (Lipinski definition) is 1. The van der Waals surface area contributed by atoms with Gasteiger partial charge >= 0.3 is 0 Å². The van der Waals surface area contributed by atoms with Crippen molar-refractivity contribution in [2.24, 2.45) is 0 Å². The molecule has 1 aromatic heterocycles. The summed E-state index contributed by atoms with van der Waals surface area (Å²) in [7, 11) is 0. The van der Waals surface area contributed by atoms with Gasteiger partial charge in [-0.25, -0.2) is 0 Å². The van der Waals surface area contributed by atoms with Crippen molar-refractivity contribution in [2.75, 3.05) is 6.54 Å². The summed E-state index contributed by atoms with van der Waals surface area (Å²) in [6.45, 7) is 2.87. The van der Waals surface area contributed by atoms with Gasteiger partial charge in [0.25, 0.3) is 11.5 Å². The van der Waals surface area contributed by atoms with E-state index in [4.69, 9.17) is 0 Å². The molecule has 0 bridgehead atoms. The third-order valence-electron chi connectivity index (χ3n) is 4.11. The Morgan fingerprint density at radius 2 is 1.75 bits per heavy atom. The molecule has 4 nitrogen and oxygen atoms in total. The zero-order valence-corrected chi connectivity index (χ0v) is 13.7. The number of nitrogens with zero attached hydrogens (tertiary/aromatic N) is 1. The molecule has 0 fully saturated rings. The average molecular weight is 320 g/mol. The van der Waals surface area contributed by atoms with Crippen LogP contribution in [0.25, 0.3) is 10.8 Å². The highest BCUT2D eigenvalue weighted by Crippen LogP contribution is 2.12. The highest BCUT2D eigenvalue weighted by Gasteiger charge is 2.14. The van der Waals surface area contributed by atoms with E-state index in [-0.39, 0.29) is 11.5 Å². The molecule has 4 heteroatoms. The predicted molar refractivity (Wildman–Crippen MR) is 96.4 cm³/mol. The van der Waals surface area contributed by atoms with Crippen LogP contribution in [0.4, 0.5) is 0 Å². The molecule has 0 aliphatic heterocycles. The lowest BCUT2D eigenvalue weighted by molar-refractivity contribution is 0.0944. The molecule has 0 aliphatic rings. The van der Waals surface area contributed by atoms with Crippen LogP contribution in [0.15, 0.2) is 65.5 Å². The molecule has 1 amide bonds. The van der Waals surface area contributed by atoms with Gasteiger partial charge in [-0.05, 0) is 36.4 Å². The van der Waals surface area contributed by atoms with E-state index in [1.54, 1.807) is 12.1 Å². The fraction of sp³-hybridized carbons (Fsp3) is 0.200. The fourth-order valence-corrected chi connectivity index (χ4v) is 2.86. The van der Waals surface area contributed by atoms with E-state index in [1.165, 1.54) is 10.1 Å². The molecule has 2 aromatic carbocycles. The third kappa shape index (κ3) is 3.23. The second-order valence-corrected chi connectivity index (χ2v) is 5.66. The van der Waals surface area contributed by atoms with Gasteiger partial charge in [-0.15, -0.1) is 0 Å². The van der Waals surface area contributed by atoms with Crippen molar-refractivity contribution in [3.05, 3.63) is 82.3 Å². The van der Waals surface area contributed by atoms with Crippen LogP contribution in [0.5, 0.6) is 0 Å². The Morgan fingerprint density at radius 3 is 2.50 bits per heavy atom. The molecule has 3 aromatic rings. The van der Waals surface area contributed by atoms with Crippen molar-refractivity contribution in [2.45, 2.75) is 19.9 Å². The molecule has 0 unspecified atom stereocenters. The first-order valence-corrected chi connectivity index (χ1v) is 8.15. The van der Waals surface area contributed by atoms with Gasteiger partial charge in [-0.3, -0.25) is 9.59 Å². The summed E-state index contributed by atoms with van der Waals surface area (Å²) in [5.41, 5.74) is 1.46. The molecule has 0 spiro atoms. The van der Waals surface area contributed by atoms with Gasteiger partial charge in [0.15, 0.2) is 0 Å². The van der Waals surface area contributed by atoms with Gasteiger partial charge in [0.2, 0.25) is 0 Å². The molecule has 1 heterocycles. The smallest absolute Gasteiger partial charge is 0.268 e. The van der Waals surface area contributed by atoms with Gasteiger partial charge < -0.3 is 9.88 Å². The van der Waals surface area contributed by atoms with Crippen LogP contribution >= 0.6 is 0 Å². The molecule has 0 saturated heterocycles. The number of carbonyl (C=O) groups is 1. The summed E-state index contributed by atoms with van der Waals surface area (Å²) in [5, 5.41) is 4.35. The molecule has 0 atom stereocenters. The highest BCUT2D eigenvalue weighted by atomic mass is 16.2. The van der Waals surface area contributed by atoms with Crippen LogP contribution in [0.2, 0.25) is 0 Å². The summed E-state index contributed by atoms with van der Waals surface area (Å²) in [5.74, 6) is -0.212. The minimum absolute atomic E-state index is 0.121. The average Bonchev–Trinajstić information content (AvgIpc) is 2.62. The van der Waals surface area contributed by atoms with Gasteiger partial charge in [-0.2, -0.15) is 0 Å². The van der Waals surface area contributed by atoms with E-state index in [9.17, 15) is 9.59 Å². The number of benzene rings is 2. The molecule has 122 valence electrons. The maximum atomic E-state index is 12.6. The van der Waals surface area contributed by atoms with Crippen LogP contribution in [0.1, 0.15) is 23.0 Å². The van der Waals surface area contributed by atoms with E-state index in [0.29, 0.717) is 24.2 Å². The number of rotatable bonds is 5. The van der Waals surface area contributed by atoms with Crippen molar-refractivity contribution >= 4 is 16.7 Å². The number of nitrogens with one attached hydrogen (secondary N) is 1. The molecule has 1 N–H and O–H groups in total. The lowest BCUT2D eigenvalue weighted by Crippen LogP contribution is -2.33. The molecule has 0 saturated carbocycles. The quantitative estimate of drug-likeness (QED) is 0.786. The van der Waals surface area contributed by atoms with Gasteiger partial charge in [0.1, 0.15) is 5.69 Å². The largest absolute Gasteiger partial charge is 0.350 e. The minimum atomic E-state index is -0.212. The van der Waals surface area contributed by atoms with Crippen LogP contribution in [0.3, 0.4) is 0 Å². The van der Waals surface area contributed by atoms with Crippen LogP contribution in [0, 0.1) is 0 Å². The van der Waals surface area contributed by atoms with Crippen molar-refractivity contribution in [3.63, 3.8) is 0 Å². The predicted octanol–water partition coefficient (Wildman–Crippen LogP) is 2.99. The van der Waals surface area contributed by atoms with Gasteiger partial charge in [-0.1, -0.05) is 48.5 Å². The Balaban J connectivity index is 1.82. The maximum absolute atomic E-state index is 12.6. The second-order valence-electron chi connectivity index (χ2n) is 5.66. The first kappa shape index (κ1) is 16.0. The Kier molecular flexibility index (Phi) is 4.75. The van der Waals surface area contributed by atoms with Crippen molar-refractivity contribution < 1.29 is 4.79 Å². The molecular formula is C20H20N2O2. The molecule has 3 rings (SSSR count). The van der Waals surface area contributed by atoms with Crippen LogP contribution < -0.4 is 10.9 Å². The number of fused-ring (bicyclic) bond motifs is 1. The Morgan fingerprint density at radius 1 is 1.04 bits per heavy atom. The van der Waals surface area contributed by atoms with Gasteiger partial charge in [0, 0.05) is 18.5 Å². The minimum Gasteiger partial charge on any atom is -0.350 e. The summed E-state index contributed by atoms with van der Waals surface area (Å²) < 4.78 is 1.53. The van der Waals surface area contributed by atoms with Gasteiger partial charge in [0.05, 0.1) is 0 Å². The zero-order valence-electron chi connectivity index (χ0n) is 13.7. The highest BCUT2D eigenvalue weighted by molar-refractivity contribution is 5.96. The number of pyridine rings is 1. The van der Waals surface area contributed by atoms with Crippen LogP contribution in [-0.2, 0) is 13.0 Å².